The molecule has 11 heteroatoms. The Morgan fingerprint density at radius 1 is 1.03 bits per heavy atom. The summed E-state index contributed by atoms with van der Waals surface area (Å²) in [5, 5.41) is 10.7. The average molecular weight is 469 g/mol. The Balaban J connectivity index is 0.000000291. The SMILES string of the molecule is CC(=O)Nc1ccc([As](=O)(O)OO)cc1.COC(=O)c1cccc(OC(C)=O)c1. The maximum absolute atomic E-state index is 11.2. The third-order valence-corrected chi connectivity index (χ3v) is 5.60. The Labute approximate surface area is 169 Å². The van der Waals surface area contributed by atoms with Crippen molar-refractivity contribution >= 4 is 42.1 Å². The monoisotopic (exact) mass is 469 g/mol. The van der Waals surface area contributed by atoms with Crippen LogP contribution in [0.25, 0.3) is 0 Å². The van der Waals surface area contributed by atoms with Crippen molar-refractivity contribution in [1.29, 1.82) is 0 Å². The number of ether oxygens (including phenoxy) is 2. The third-order valence-electron chi connectivity index (χ3n) is 3.14. The van der Waals surface area contributed by atoms with Gasteiger partial charge < -0.3 is 9.47 Å². The molecule has 0 fully saturated rings. The van der Waals surface area contributed by atoms with E-state index in [-0.39, 0.29) is 10.3 Å². The van der Waals surface area contributed by atoms with Gasteiger partial charge >= 0.3 is 100 Å². The molecule has 0 aromatic heterocycles. The molecular formula is C18H20AsNO9. The summed E-state index contributed by atoms with van der Waals surface area (Å²) in [5.74, 6) is -0.787. The van der Waals surface area contributed by atoms with Crippen LogP contribution < -0.4 is 14.4 Å². The first-order valence-electron chi connectivity index (χ1n) is 8.00. The van der Waals surface area contributed by atoms with Gasteiger partial charge in [-0.15, -0.1) is 0 Å². The molecule has 0 bridgehead atoms. The van der Waals surface area contributed by atoms with Gasteiger partial charge in [0.15, 0.2) is 0 Å². The van der Waals surface area contributed by atoms with E-state index in [1.807, 2.05) is 0 Å². The molecule has 2 rings (SSSR count). The maximum atomic E-state index is 11.2. The quantitative estimate of drug-likeness (QED) is 0.192. The summed E-state index contributed by atoms with van der Waals surface area (Å²) in [4.78, 5) is 32.4. The van der Waals surface area contributed by atoms with Gasteiger partial charge in [0.1, 0.15) is 5.75 Å². The molecule has 0 heterocycles. The van der Waals surface area contributed by atoms with Gasteiger partial charge in [0, 0.05) is 6.92 Å². The fraction of sp³-hybridized carbons (Fsp3) is 0.167. The molecule has 0 aliphatic carbocycles. The second kappa shape index (κ2) is 11.2. The average Bonchev–Trinajstić information content (AvgIpc) is 2.67. The van der Waals surface area contributed by atoms with Crippen LogP contribution in [0.3, 0.4) is 0 Å². The number of amides is 1. The Hall–Kier alpha value is -2.91. The Morgan fingerprint density at radius 3 is 2.14 bits per heavy atom. The second-order valence-electron chi connectivity index (χ2n) is 5.44. The fourth-order valence-corrected chi connectivity index (χ4v) is 3.25. The first-order chi connectivity index (χ1) is 13.6. The molecule has 0 radical (unpaired) electrons. The first-order valence-corrected chi connectivity index (χ1v) is 11.3. The first kappa shape index (κ1) is 24.1. The minimum Gasteiger partial charge on any atom is -0.465 e. The molecule has 1 amide bonds. The zero-order valence-electron chi connectivity index (χ0n) is 15.8. The largest absolute Gasteiger partial charge is 0.465 e. The molecule has 1 unspecified atom stereocenters. The van der Waals surface area contributed by atoms with Gasteiger partial charge in [0.2, 0.25) is 0 Å². The molecule has 3 N–H and O–H groups in total. The van der Waals surface area contributed by atoms with Gasteiger partial charge in [-0.1, -0.05) is 6.07 Å². The standard InChI is InChI=1S/C10H10O4.C8H10AsNO5/c1-7(11)14-9-5-3-4-8(6-9)10(12)13-2;1-6(11)10-8-4-2-7(3-5-8)9(12,13)15-14/h3-6H,1-2H3;2-5,14H,1H3,(H,10,11)(H,12,13). The van der Waals surface area contributed by atoms with E-state index in [2.05, 4.69) is 13.9 Å². The Kier molecular flexibility index (Phi) is 9.30. The van der Waals surface area contributed by atoms with Gasteiger partial charge in [-0.05, 0) is 18.2 Å². The molecular weight excluding hydrogens is 449 g/mol. The van der Waals surface area contributed by atoms with E-state index in [0.717, 1.165) is 0 Å². The molecule has 0 aliphatic heterocycles. The van der Waals surface area contributed by atoms with Crippen LogP contribution in [0.15, 0.2) is 48.5 Å². The molecule has 0 spiro atoms. The fourth-order valence-electron chi connectivity index (χ4n) is 1.95. The number of carbonyl (C=O) groups excluding carboxylic acids is 3. The number of esters is 2. The Bertz CT molecular complexity index is 912. The number of benzene rings is 2. The van der Waals surface area contributed by atoms with Crippen LogP contribution in [-0.4, -0.2) is 48.5 Å². The molecule has 0 saturated heterocycles. The molecule has 2 aromatic carbocycles. The van der Waals surface area contributed by atoms with Crippen LogP contribution >= 0.6 is 0 Å². The molecule has 10 nitrogen and oxygen atoms in total. The van der Waals surface area contributed by atoms with Crippen molar-refractivity contribution in [1.82, 2.24) is 0 Å². The number of methoxy groups -OCH3 is 1. The molecule has 2 aromatic rings. The van der Waals surface area contributed by atoms with Crippen LogP contribution in [0, 0.1) is 0 Å². The van der Waals surface area contributed by atoms with E-state index in [9.17, 15) is 18.1 Å². The van der Waals surface area contributed by atoms with E-state index >= 15 is 0 Å². The number of hydrogen-bond acceptors (Lipinski definition) is 8. The Morgan fingerprint density at radius 2 is 1.66 bits per heavy atom. The van der Waals surface area contributed by atoms with Gasteiger partial charge in [-0.25, -0.2) is 4.79 Å². The van der Waals surface area contributed by atoms with E-state index in [1.54, 1.807) is 18.2 Å². The van der Waals surface area contributed by atoms with Crippen LogP contribution in [0.4, 0.5) is 5.69 Å². The normalized spacial score (nSPS) is 11.9. The number of rotatable bonds is 5. The molecule has 0 saturated carbocycles. The van der Waals surface area contributed by atoms with E-state index < -0.39 is 26.1 Å². The van der Waals surface area contributed by atoms with Crippen molar-refractivity contribution in [3.05, 3.63) is 54.1 Å². The van der Waals surface area contributed by atoms with Gasteiger partial charge in [0.25, 0.3) is 0 Å². The molecule has 29 heavy (non-hydrogen) atoms. The summed E-state index contributed by atoms with van der Waals surface area (Å²) < 4.78 is 33.2. The van der Waals surface area contributed by atoms with E-state index in [1.165, 1.54) is 51.3 Å². The van der Waals surface area contributed by atoms with Crippen molar-refractivity contribution in [2.24, 2.45) is 0 Å². The second-order valence-corrected chi connectivity index (χ2v) is 9.05. The van der Waals surface area contributed by atoms with Crippen molar-refractivity contribution < 1.29 is 40.8 Å². The zero-order valence-corrected chi connectivity index (χ0v) is 17.7. The summed E-state index contributed by atoms with van der Waals surface area (Å²) in [6.07, 6.45) is 0. The minimum absolute atomic E-state index is 0.00438. The number of nitrogens with one attached hydrogen (secondary N) is 1. The summed E-state index contributed by atoms with van der Waals surface area (Å²) in [5.41, 5.74) is 0.853. The molecule has 1 atom stereocenters. The summed E-state index contributed by atoms with van der Waals surface area (Å²) >= 11 is -4.76. The molecule has 156 valence electrons. The van der Waals surface area contributed by atoms with Gasteiger partial charge in [0.05, 0.1) is 12.7 Å². The predicted molar refractivity (Wildman–Crippen MR) is 102 cm³/mol. The summed E-state index contributed by atoms with van der Waals surface area (Å²) in [6.45, 7) is 2.65. The maximum Gasteiger partial charge on any atom is 0.337 e. The van der Waals surface area contributed by atoms with Crippen LogP contribution in [0.5, 0.6) is 5.75 Å². The number of anilines is 1. The van der Waals surface area contributed by atoms with Gasteiger partial charge in [-0.3, -0.25) is 4.79 Å². The summed E-state index contributed by atoms with van der Waals surface area (Å²) in [6, 6.07) is 11.7. The van der Waals surface area contributed by atoms with Crippen LogP contribution in [-0.2, 0) is 21.9 Å². The zero-order chi connectivity index (χ0) is 22.0. The number of carbonyl (C=O) groups is 3. The van der Waals surface area contributed by atoms with E-state index in [0.29, 0.717) is 17.0 Å². The smallest absolute Gasteiger partial charge is 0.337 e. The van der Waals surface area contributed by atoms with Crippen LogP contribution in [0.1, 0.15) is 24.2 Å². The predicted octanol–water partition coefficient (Wildman–Crippen LogP) is 1.10. The number of hydrogen-bond donors (Lipinski definition) is 3. The van der Waals surface area contributed by atoms with Crippen molar-refractivity contribution in [3.8, 4) is 5.75 Å². The van der Waals surface area contributed by atoms with Crippen molar-refractivity contribution in [2.75, 3.05) is 12.4 Å². The van der Waals surface area contributed by atoms with Gasteiger partial charge in [-0.2, -0.15) is 0 Å². The van der Waals surface area contributed by atoms with Crippen molar-refractivity contribution in [3.63, 3.8) is 0 Å². The summed E-state index contributed by atoms with van der Waals surface area (Å²) in [7, 11) is 1.29. The van der Waals surface area contributed by atoms with Crippen molar-refractivity contribution in [2.45, 2.75) is 13.8 Å². The topological polar surface area (TPSA) is 148 Å². The van der Waals surface area contributed by atoms with E-state index in [4.69, 9.17) is 14.1 Å². The molecule has 0 aliphatic rings. The third kappa shape index (κ3) is 8.32. The van der Waals surface area contributed by atoms with Crippen LogP contribution in [0.2, 0.25) is 0 Å². The minimum atomic E-state index is -4.76.